The molecule has 32 heavy (non-hydrogen) atoms. The van der Waals surface area contributed by atoms with Crippen molar-refractivity contribution in [2.75, 3.05) is 5.73 Å². The fourth-order valence-corrected chi connectivity index (χ4v) is 3.49. The zero-order chi connectivity index (χ0) is 22.5. The summed E-state index contributed by atoms with van der Waals surface area (Å²) in [5.74, 6) is -0.285. The molecule has 2 heterocycles. The maximum Gasteiger partial charge on any atom is 0.242 e. The number of aromatic nitrogens is 4. The van der Waals surface area contributed by atoms with Gasteiger partial charge < -0.3 is 10.2 Å². The summed E-state index contributed by atoms with van der Waals surface area (Å²) < 4.78 is 5.82. The van der Waals surface area contributed by atoms with Crippen molar-refractivity contribution in [3.05, 3.63) is 75.5 Å². The molecule has 0 saturated carbocycles. The number of fused-ring (bicyclic) bond motifs is 1. The van der Waals surface area contributed by atoms with Gasteiger partial charge in [0.1, 0.15) is 11.3 Å². The Morgan fingerprint density at radius 3 is 2.69 bits per heavy atom. The van der Waals surface area contributed by atoms with Gasteiger partial charge in [-0.05, 0) is 47.4 Å². The highest BCUT2D eigenvalue weighted by Gasteiger charge is 2.20. The molecule has 3 N–H and O–H groups in total. The second-order valence-electron chi connectivity index (χ2n) is 7.49. The fourth-order valence-electron chi connectivity index (χ4n) is 3.49. The number of aromatic amines is 1. The lowest BCUT2D eigenvalue weighted by atomic mass is 10.0. The van der Waals surface area contributed by atoms with Crippen LogP contribution in [0, 0.1) is 0 Å². The highest BCUT2D eigenvalue weighted by atomic mass is 16.3. The number of unbranched alkanes of at least 4 members (excludes halogenated alkanes) is 2. The summed E-state index contributed by atoms with van der Waals surface area (Å²) in [5, 5.41) is 13.6. The van der Waals surface area contributed by atoms with Gasteiger partial charge in [0, 0.05) is 0 Å². The number of nitrogens with one attached hydrogen (secondary N) is 1. The Balaban J connectivity index is 1.63. The Bertz CT molecular complexity index is 1320. The molecule has 0 aliphatic carbocycles. The van der Waals surface area contributed by atoms with Crippen molar-refractivity contribution in [1.82, 2.24) is 20.6 Å². The first-order chi connectivity index (χ1) is 15.6. The lowest BCUT2D eigenvalue weighted by Crippen LogP contribution is -2.12. The molecular weight excluding hydrogens is 406 g/mol. The van der Waals surface area contributed by atoms with E-state index < -0.39 is 5.43 Å². The molecule has 0 saturated heterocycles. The van der Waals surface area contributed by atoms with Crippen molar-refractivity contribution >= 4 is 28.5 Å². The molecule has 2 aromatic heterocycles. The third kappa shape index (κ3) is 4.34. The lowest BCUT2D eigenvalue weighted by Gasteiger charge is -2.06. The first-order valence-electron chi connectivity index (χ1n) is 10.5. The van der Waals surface area contributed by atoms with Crippen LogP contribution in [0.2, 0.25) is 0 Å². The number of nitrogen functional groups attached to an aromatic ring is 1. The zero-order valence-corrected chi connectivity index (χ0v) is 17.7. The van der Waals surface area contributed by atoms with Gasteiger partial charge in [-0.25, -0.2) is 0 Å². The number of aryl methyl sites for hydroxylation is 1. The van der Waals surface area contributed by atoms with Gasteiger partial charge in [0.2, 0.25) is 17.0 Å². The molecule has 162 valence electrons. The van der Waals surface area contributed by atoms with Crippen molar-refractivity contribution in [2.24, 2.45) is 0 Å². The van der Waals surface area contributed by atoms with Crippen LogP contribution in [-0.2, 0) is 6.42 Å². The topological polar surface area (TPSA) is 128 Å². The summed E-state index contributed by atoms with van der Waals surface area (Å²) in [4.78, 5) is 25.7. The van der Waals surface area contributed by atoms with E-state index in [2.05, 4.69) is 39.7 Å². The molecular formula is C24H23N5O3. The number of carbonyl (C=O) groups excluding carboxylic acids is 1. The van der Waals surface area contributed by atoms with Crippen molar-refractivity contribution < 1.29 is 9.21 Å². The molecule has 2 aromatic carbocycles. The van der Waals surface area contributed by atoms with Crippen LogP contribution in [-0.4, -0.2) is 26.4 Å². The summed E-state index contributed by atoms with van der Waals surface area (Å²) in [5.41, 5.74) is 7.90. The average Bonchev–Trinajstić information content (AvgIpc) is 3.35. The molecule has 0 aliphatic heterocycles. The summed E-state index contributed by atoms with van der Waals surface area (Å²) in [7, 11) is 0. The van der Waals surface area contributed by atoms with E-state index in [0.717, 1.165) is 12.0 Å². The lowest BCUT2D eigenvalue weighted by molar-refractivity contribution is 0.104. The summed E-state index contributed by atoms with van der Waals surface area (Å²) in [6.07, 6.45) is 7.85. The van der Waals surface area contributed by atoms with Gasteiger partial charge in [-0.2, -0.15) is 5.21 Å². The highest BCUT2D eigenvalue weighted by molar-refractivity contribution is 6.13. The van der Waals surface area contributed by atoms with E-state index >= 15 is 0 Å². The second kappa shape index (κ2) is 9.38. The van der Waals surface area contributed by atoms with E-state index in [4.69, 9.17) is 10.2 Å². The Morgan fingerprint density at radius 1 is 1.16 bits per heavy atom. The number of para-hydroxylation sites is 1. The van der Waals surface area contributed by atoms with Crippen LogP contribution in [0.15, 0.2) is 57.8 Å². The Labute approximate surface area is 184 Å². The van der Waals surface area contributed by atoms with Gasteiger partial charge in [-0.3, -0.25) is 9.59 Å². The minimum Gasteiger partial charge on any atom is -0.449 e. The maximum atomic E-state index is 12.9. The van der Waals surface area contributed by atoms with Crippen molar-refractivity contribution in [3.63, 3.8) is 0 Å². The average molecular weight is 429 g/mol. The standard InChI is InChI=1S/C24H23N5O3/c1-2-3-4-6-15-9-11-16(12-10-15)13-14-19(30)17-7-5-8-18-21(31)20(25)23(32-22(17)18)24-26-28-29-27-24/h5,7-14H,2-4,6,25H2,1H3,(H,26,27,28,29). The van der Waals surface area contributed by atoms with Crippen LogP contribution >= 0.6 is 0 Å². The van der Waals surface area contributed by atoms with Crippen LogP contribution < -0.4 is 11.2 Å². The minimum atomic E-state index is -0.455. The monoisotopic (exact) mass is 429 g/mol. The first kappa shape index (κ1) is 21.2. The van der Waals surface area contributed by atoms with Gasteiger partial charge in [-0.1, -0.05) is 56.2 Å². The number of H-pyrrole nitrogens is 1. The molecule has 0 amide bonds. The summed E-state index contributed by atoms with van der Waals surface area (Å²) in [6, 6.07) is 12.9. The van der Waals surface area contributed by atoms with Crippen molar-refractivity contribution in [1.29, 1.82) is 0 Å². The molecule has 0 aliphatic rings. The number of tetrazole rings is 1. The molecule has 0 fully saturated rings. The quantitative estimate of drug-likeness (QED) is 0.244. The Kier molecular flexibility index (Phi) is 6.21. The van der Waals surface area contributed by atoms with Crippen LogP contribution in [0.1, 0.15) is 47.7 Å². The molecule has 0 radical (unpaired) electrons. The van der Waals surface area contributed by atoms with Gasteiger partial charge >= 0.3 is 0 Å². The third-order valence-electron chi connectivity index (χ3n) is 5.24. The van der Waals surface area contributed by atoms with E-state index in [9.17, 15) is 9.59 Å². The number of carbonyl (C=O) groups is 1. The molecule has 8 nitrogen and oxygen atoms in total. The third-order valence-corrected chi connectivity index (χ3v) is 5.24. The first-order valence-corrected chi connectivity index (χ1v) is 10.5. The zero-order valence-electron chi connectivity index (χ0n) is 17.7. The number of ketones is 1. The molecule has 4 rings (SSSR count). The predicted molar refractivity (Wildman–Crippen MR) is 123 cm³/mol. The SMILES string of the molecule is CCCCCc1ccc(C=CC(=O)c2cccc3c(=O)c(N)c(-c4nn[nH]n4)oc23)cc1. The molecule has 0 bridgehead atoms. The number of anilines is 1. The number of allylic oxidation sites excluding steroid dienone is 1. The Morgan fingerprint density at radius 2 is 1.97 bits per heavy atom. The number of nitrogens with two attached hydrogens (primary N) is 1. The van der Waals surface area contributed by atoms with Crippen molar-refractivity contribution in [2.45, 2.75) is 32.6 Å². The smallest absolute Gasteiger partial charge is 0.242 e. The minimum absolute atomic E-state index is 0.0286. The van der Waals surface area contributed by atoms with Crippen LogP contribution in [0.25, 0.3) is 28.6 Å². The van der Waals surface area contributed by atoms with Crippen LogP contribution in [0.5, 0.6) is 0 Å². The number of rotatable bonds is 8. The van der Waals surface area contributed by atoms with E-state index in [0.29, 0.717) is 0 Å². The van der Waals surface area contributed by atoms with Gasteiger partial charge in [-0.15, -0.1) is 10.2 Å². The molecule has 0 spiro atoms. The van der Waals surface area contributed by atoms with E-state index in [1.54, 1.807) is 24.3 Å². The van der Waals surface area contributed by atoms with E-state index in [-0.39, 0.29) is 39.6 Å². The van der Waals surface area contributed by atoms with Crippen LogP contribution in [0.4, 0.5) is 5.69 Å². The van der Waals surface area contributed by atoms with Gasteiger partial charge in [0.15, 0.2) is 5.78 Å². The van der Waals surface area contributed by atoms with Crippen LogP contribution in [0.3, 0.4) is 0 Å². The fraction of sp³-hybridized carbons (Fsp3) is 0.208. The highest BCUT2D eigenvalue weighted by Crippen LogP contribution is 2.27. The van der Waals surface area contributed by atoms with Gasteiger partial charge in [0.25, 0.3) is 0 Å². The number of nitrogens with zero attached hydrogens (tertiary/aromatic N) is 3. The number of hydrogen-bond acceptors (Lipinski definition) is 7. The van der Waals surface area contributed by atoms with Gasteiger partial charge in [0.05, 0.1) is 10.9 Å². The molecule has 0 atom stereocenters. The largest absolute Gasteiger partial charge is 0.449 e. The maximum absolute atomic E-state index is 12.9. The predicted octanol–water partition coefficient (Wildman–Crippen LogP) is 4.18. The molecule has 4 aromatic rings. The summed E-state index contributed by atoms with van der Waals surface area (Å²) >= 11 is 0. The second-order valence-corrected chi connectivity index (χ2v) is 7.49. The summed E-state index contributed by atoms with van der Waals surface area (Å²) in [6.45, 7) is 2.19. The Hall–Kier alpha value is -4.07. The van der Waals surface area contributed by atoms with Crippen molar-refractivity contribution in [3.8, 4) is 11.6 Å². The van der Waals surface area contributed by atoms with E-state index in [1.165, 1.54) is 30.9 Å². The normalized spacial score (nSPS) is 11.4. The number of hydrogen-bond donors (Lipinski definition) is 2. The van der Waals surface area contributed by atoms with E-state index in [1.807, 2.05) is 12.1 Å². The molecule has 0 unspecified atom stereocenters. The molecule has 8 heteroatoms. The number of benzene rings is 2.